The molecule has 4 N–H and O–H groups in total. The molecule has 11 heavy (non-hydrogen) atoms. The molecule has 0 spiro atoms. The van der Waals surface area contributed by atoms with E-state index < -0.39 is 5.91 Å². The highest BCUT2D eigenvalue weighted by atomic mass is 16.7. The van der Waals surface area contributed by atoms with Gasteiger partial charge in [-0.15, -0.1) is 0 Å². The normalized spacial score (nSPS) is 16.4. The van der Waals surface area contributed by atoms with Gasteiger partial charge in [0.1, 0.15) is 0 Å². The van der Waals surface area contributed by atoms with Crippen molar-refractivity contribution in [2.24, 2.45) is 11.5 Å². The predicted molar refractivity (Wildman–Crippen MR) is 43.8 cm³/mol. The third-order valence-corrected chi connectivity index (χ3v) is 1.22. The van der Waals surface area contributed by atoms with Crippen molar-refractivity contribution >= 4 is 0 Å². The molecule has 0 aliphatic rings. The van der Waals surface area contributed by atoms with E-state index in [1.807, 2.05) is 13.8 Å². The summed E-state index contributed by atoms with van der Waals surface area (Å²) in [5, 5.41) is 0. The first-order chi connectivity index (χ1) is 5.18. The van der Waals surface area contributed by atoms with Crippen molar-refractivity contribution < 1.29 is 9.47 Å². The van der Waals surface area contributed by atoms with Crippen molar-refractivity contribution in [1.29, 1.82) is 0 Å². The average molecular weight is 162 g/mol. The first-order valence-corrected chi connectivity index (χ1v) is 3.95. The molecule has 0 bridgehead atoms. The van der Waals surface area contributed by atoms with Crippen LogP contribution in [0.3, 0.4) is 0 Å². The summed E-state index contributed by atoms with van der Waals surface area (Å²) in [4.78, 5) is 0. The second-order valence-corrected chi connectivity index (χ2v) is 2.30. The molecule has 0 aromatic rings. The molecule has 4 nitrogen and oxygen atoms in total. The lowest BCUT2D eigenvalue weighted by atomic mass is 10.4. The fourth-order valence-electron chi connectivity index (χ4n) is 0.679. The van der Waals surface area contributed by atoms with E-state index >= 15 is 0 Å². The van der Waals surface area contributed by atoms with Gasteiger partial charge in [-0.3, -0.25) is 5.73 Å². The zero-order valence-electron chi connectivity index (χ0n) is 7.30. The Morgan fingerprint density at radius 1 is 1.27 bits per heavy atom. The first kappa shape index (κ1) is 10.8. The Kier molecular flexibility index (Phi) is 5.41. The Morgan fingerprint density at radius 2 is 1.91 bits per heavy atom. The Balaban J connectivity index is 3.68. The molecule has 0 saturated heterocycles. The summed E-state index contributed by atoms with van der Waals surface area (Å²) >= 11 is 0. The van der Waals surface area contributed by atoms with Gasteiger partial charge in [0.05, 0.1) is 13.2 Å². The molecule has 0 saturated carbocycles. The minimum atomic E-state index is -1.08. The fourth-order valence-corrected chi connectivity index (χ4v) is 0.679. The average Bonchev–Trinajstić information content (AvgIpc) is 2.02. The van der Waals surface area contributed by atoms with E-state index in [0.717, 1.165) is 6.42 Å². The van der Waals surface area contributed by atoms with E-state index in [1.165, 1.54) is 0 Å². The second-order valence-electron chi connectivity index (χ2n) is 2.30. The third kappa shape index (κ3) is 4.31. The molecule has 1 atom stereocenters. The molecule has 0 rings (SSSR count). The van der Waals surface area contributed by atoms with E-state index in [2.05, 4.69) is 0 Å². The van der Waals surface area contributed by atoms with Crippen LogP contribution in [0.2, 0.25) is 0 Å². The number of hydrogen-bond donors (Lipinski definition) is 2. The highest BCUT2D eigenvalue weighted by Crippen LogP contribution is 2.03. The van der Waals surface area contributed by atoms with Gasteiger partial charge in [0.15, 0.2) is 0 Å². The molecule has 1 unspecified atom stereocenters. The maximum absolute atomic E-state index is 5.62. The highest BCUT2D eigenvalue weighted by Gasteiger charge is 2.23. The lowest BCUT2D eigenvalue weighted by Crippen LogP contribution is -2.52. The van der Waals surface area contributed by atoms with Crippen molar-refractivity contribution in [3.63, 3.8) is 0 Å². The SMILES string of the molecule is CCCOC(N)(CN)OCC. The maximum atomic E-state index is 5.62. The Hall–Kier alpha value is -0.160. The van der Waals surface area contributed by atoms with Crippen LogP contribution in [0.1, 0.15) is 20.3 Å². The van der Waals surface area contributed by atoms with Crippen LogP contribution in [-0.2, 0) is 9.47 Å². The molecule has 0 radical (unpaired) electrons. The molecule has 0 heterocycles. The first-order valence-electron chi connectivity index (χ1n) is 3.95. The van der Waals surface area contributed by atoms with Crippen molar-refractivity contribution in [1.82, 2.24) is 0 Å². The maximum Gasteiger partial charge on any atom is 0.237 e. The number of rotatable bonds is 6. The van der Waals surface area contributed by atoms with Gasteiger partial charge in [0.25, 0.3) is 0 Å². The lowest BCUT2D eigenvalue weighted by Gasteiger charge is -2.27. The van der Waals surface area contributed by atoms with Crippen LogP contribution in [0.15, 0.2) is 0 Å². The van der Waals surface area contributed by atoms with Crippen LogP contribution in [0.5, 0.6) is 0 Å². The summed E-state index contributed by atoms with van der Waals surface area (Å²) in [6.07, 6.45) is 0.909. The second kappa shape index (κ2) is 5.49. The molecule has 0 aliphatic carbocycles. The summed E-state index contributed by atoms with van der Waals surface area (Å²) in [7, 11) is 0. The Bertz CT molecular complexity index is 100. The Labute approximate surface area is 67.8 Å². The molecule has 4 heteroatoms. The van der Waals surface area contributed by atoms with Crippen LogP contribution < -0.4 is 11.5 Å². The van der Waals surface area contributed by atoms with E-state index in [4.69, 9.17) is 20.9 Å². The summed E-state index contributed by atoms with van der Waals surface area (Å²) in [5.74, 6) is -1.08. The summed E-state index contributed by atoms with van der Waals surface area (Å²) in [6.45, 7) is 5.13. The van der Waals surface area contributed by atoms with E-state index in [9.17, 15) is 0 Å². The van der Waals surface area contributed by atoms with E-state index in [1.54, 1.807) is 0 Å². The van der Waals surface area contributed by atoms with E-state index in [-0.39, 0.29) is 6.54 Å². The fraction of sp³-hybridized carbons (Fsp3) is 1.00. The minimum absolute atomic E-state index is 0.181. The van der Waals surface area contributed by atoms with Gasteiger partial charge in [0.2, 0.25) is 5.91 Å². The number of nitrogens with two attached hydrogens (primary N) is 2. The van der Waals surface area contributed by atoms with Crippen molar-refractivity contribution in [2.45, 2.75) is 26.2 Å². The molecule has 0 aromatic heterocycles. The highest BCUT2D eigenvalue weighted by molar-refractivity contribution is 4.60. The summed E-state index contributed by atoms with van der Waals surface area (Å²) in [5.41, 5.74) is 11.0. The molecule has 68 valence electrons. The largest absolute Gasteiger partial charge is 0.337 e. The summed E-state index contributed by atoms with van der Waals surface area (Å²) in [6, 6.07) is 0. The lowest BCUT2D eigenvalue weighted by molar-refractivity contribution is -0.224. The van der Waals surface area contributed by atoms with Gasteiger partial charge in [-0.05, 0) is 13.3 Å². The molecular formula is C7H18N2O2. The molecular weight excluding hydrogens is 144 g/mol. The van der Waals surface area contributed by atoms with Gasteiger partial charge in [-0.25, -0.2) is 0 Å². The van der Waals surface area contributed by atoms with Crippen molar-refractivity contribution in [2.75, 3.05) is 19.8 Å². The van der Waals surface area contributed by atoms with Crippen LogP contribution in [0.4, 0.5) is 0 Å². The zero-order chi connectivity index (χ0) is 8.74. The zero-order valence-corrected chi connectivity index (χ0v) is 7.30. The van der Waals surface area contributed by atoms with Gasteiger partial charge in [-0.2, -0.15) is 0 Å². The Morgan fingerprint density at radius 3 is 2.27 bits per heavy atom. The molecule has 0 fully saturated rings. The van der Waals surface area contributed by atoms with Crippen LogP contribution in [0, 0.1) is 0 Å². The van der Waals surface area contributed by atoms with Gasteiger partial charge < -0.3 is 15.2 Å². The molecule has 0 aliphatic heterocycles. The monoisotopic (exact) mass is 162 g/mol. The minimum Gasteiger partial charge on any atom is -0.337 e. The van der Waals surface area contributed by atoms with Crippen molar-refractivity contribution in [3.8, 4) is 0 Å². The summed E-state index contributed by atoms with van der Waals surface area (Å²) < 4.78 is 10.3. The molecule has 0 aromatic carbocycles. The number of hydrogen-bond acceptors (Lipinski definition) is 4. The third-order valence-electron chi connectivity index (χ3n) is 1.22. The topological polar surface area (TPSA) is 70.5 Å². The van der Waals surface area contributed by atoms with Gasteiger partial charge >= 0.3 is 0 Å². The molecule has 0 amide bonds. The van der Waals surface area contributed by atoms with E-state index in [0.29, 0.717) is 13.2 Å². The number of ether oxygens (including phenoxy) is 2. The smallest absolute Gasteiger partial charge is 0.237 e. The standard InChI is InChI=1S/C7H18N2O2/c1-3-5-11-7(9,6-8)10-4-2/h3-6,8-9H2,1-2H3. The van der Waals surface area contributed by atoms with Crippen LogP contribution >= 0.6 is 0 Å². The van der Waals surface area contributed by atoms with Crippen LogP contribution in [-0.4, -0.2) is 25.7 Å². The van der Waals surface area contributed by atoms with Gasteiger partial charge in [0, 0.05) is 6.61 Å². The quantitative estimate of drug-likeness (QED) is 0.540. The van der Waals surface area contributed by atoms with Gasteiger partial charge in [-0.1, -0.05) is 6.92 Å². The predicted octanol–water partition coefficient (Wildman–Crippen LogP) is 0.0207. The van der Waals surface area contributed by atoms with Crippen LogP contribution in [0.25, 0.3) is 0 Å². The van der Waals surface area contributed by atoms with Crippen molar-refractivity contribution in [3.05, 3.63) is 0 Å².